The van der Waals surface area contributed by atoms with Gasteiger partial charge in [0.1, 0.15) is 11.5 Å². The van der Waals surface area contributed by atoms with Crippen LogP contribution >= 0.6 is 0 Å². The Morgan fingerprint density at radius 1 is 0.828 bits per heavy atom. The Balaban J connectivity index is 1.60. The minimum Gasteiger partial charge on any atom is -0.457 e. The van der Waals surface area contributed by atoms with E-state index in [1.54, 1.807) is 36.4 Å². The molecule has 0 bridgehead atoms. The molecular formula is C24H20O5. The van der Waals surface area contributed by atoms with Crippen LogP contribution in [0.4, 0.5) is 0 Å². The fraction of sp³-hybridized carbons (Fsp3) is 0.0833. The second-order valence-electron chi connectivity index (χ2n) is 6.23. The van der Waals surface area contributed by atoms with Crippen molar-refractivity contribution < 1.29 is 23.8 Å². The van der Waals surface area contributed by atoms with Gasteiger partial charge < -0.3 is 14.2 Å². The van der Waals surface area contributed by atoms with Gasteiger partial charge in [-0.3, -0.25) is 0 Å². The summed E-state index contributed by atoms with van der Waals surface area (Å²) in [4.78, 5) is 23.3. The second-order valence-corrected chi connectivity index (χ2v) is 6.23. The number of carbonyl (C=O) groups excluding carboxylic acids is 2. The third-order valence-corrected chi connectivity index (χ3v) is 4.13. The lowest BCUT2D eigenvalue weighted by Crippen LogP contribution is -2.08. The molecule has 3 rings (SSSR count). The quantitative estimate of drug-likeness (QED) is 0.248. The Morgan fingerprint density at radius 2 is 1.38 bits per heavy atom. The smallest absolute Gasteiger partial charge is 0.343 e. The normalized spacial score (nSPS) is 10.1. The van der Waals surface area contributed by atoms with E-state index in [1.165, 1.54) is 0 Å². The fourth-order valence-corrected chi connectivity index (χ4v) is 2.53. The van der Waals surface area contributed by atoms with Crippen LogP contribution in [0.3, 0.4) is 0 Å². The molecule has 5 heteroatoms. The van der Waals surface area contributed by atoms with E-state index in [1.807, 2.05) is 43.3 Å². The van der Waals surface area contributed by atoms with Gasteiger partial charge >= 0.3 is 11.9 Å². The van der Waals surface area contributed by atoms with Gasteiger partial charge in [0.15, 0.2) is 0 Å². The van der Waals surface area contributed by atoms with Gasteiger partial charge in [-0.15, -0.1) is 0 Å². The van der Waals surface area contributed by atoms with Crippen LogP contribution < -0.4 is 9.47 Å². The molecule has 0 aliphatic heterocycles. The maximum absolute atomic E-state index is 12.3. The molecule has 0 aromatic heterocycles. The molecule has 5 nitrogen and oxygen atoms in total. The zero-order valence-corrected chi connectivity index (χ0v) is 16.0. The highest BCUT2D eigenvalue weighted by atomic mass is 16.7. The van der Waals surface area contributed by atoms with Crippen LogP contribution in [0.2, 0.25) is 0 Å². The minimum atomic E-state index is -0.539. The summed E-state index contributed by atoms with van der Waals surface area (Å²) in [5.41, 5.74) is 3.47. The lowest BCUT2D eigenvalue weighted by molar-refractivity contribution is -0.144. The summed E-state index contributed by atoms with van der Waals surface area (Å²) in [7, 11) is 0. The molecule has 0 atom stereocenters. The van der Waals surface area contributed by atoms with Crippen molar-refractivity contribution in [1.82, 2.24) is 0 Å². The van der Waals surface area contributed by atoms with E-state index >= 15 is 0 Å². The molecule has 0 N–H and O–H groups in total. The molecule has 0 spiro atoms. The summed E-state index contributed by atoms with van der Waals surface area (Å²) >= 11 is 0. The van der Waals surface area contributed by atoms with Crippen LogP contribution in [-0.4, -0.2) is 18.7 Å². The topological polar surface area (TPSA) is 61.8 Å². The summed E-state index contributed by atoms with van der Waals surface area (Å²) in [6.07, 6.45) is 1.08. The first-order chi connectivity index (χ1) is 14.0. The SMILES string of the molecule is C=CC(=O)OCOc1ccc(-c2ccc(C(=O)Oc3ccc(C)cc3)cc2)cc1. The summed E-state index contributed by atoms with van der Waals surface area (Å²) < 4.78 is 15.5. The number of carbonyl (C=O) groups is 2. The van der Waals surface area contributed by atoms with Gasteiger partial charge in [0, 0.05) is 6.08 Å². The number of benzene rings is 3. The molecule has 0 unspecified atom stereocenters. The first kappa shape index (κ1) is 19.9. The van der Waals surface area contributed by atoms with Gasteiger partial charge in [0.05, 0.1) is 5.56 Å². The van der Waals surface area contributed by atoms with Crippen molar-refractivity contribution in [3.63, 3.8) is 0 Å². The molecular weight excluding hydrogens is 368 g/mol. The third kappa shape index (κ3) is 5.56. The zero-order valence-electron chi connectivity index (χ0n) is 16.0. The highest BCUT2D eigenvalue weighted by molar-refractivity contribution is 5.91. The lowest BCUT2D eigenvalue weighted by atomic mass is 10.0. The number of ether oxygens (including phenoxy) is 3. The van der Waals surface area contributed by atoms with Crippen LogP contribution in [0.15, 0.2) is 85.5 Å². The summed E-state index contributed by atoms with van der Waals surface area (Å²) in [5.74, 6) is 0.142. The minimum absolute atomic E-state index is 0.179. The molecule has 3 aromatic carbocycles. The van der Waals surface area contributed by atoms with Crippen LogP contribution in [0.5, 0.6) is 11.5 Å². The lowest BCUT2D eigenvalue weighted by Gasteiger charge is -2.08. The summed E-state index contributed by atoms with van der Waals surface area (Å²) in [6.45, 7) is 5.11. The first-order valence-corrected chi connectivity index (χ1v) is 8.96. The highest BCUT2D eigenvalue weighted by Crippen LogP contribution is 2.23. The second kappa shape index (κ2) is 9.37. The average molecular weight is 388 g/mol. The molecule has 0 aliphatic rings. The van der Waals surface area contributed by atoms with Crippen LogP contribution in [0.25, 0.3) is 11.1 Å². The van der Waals surface area contributed by atoms with Gasteiger partial charge in [-0.05, 0) is 54.4 Å². The Kier molecular flexibility index (Phi) is 6.43. The Morgan fingerprint density at radius 3 is 1.97 bits per heavy atom. The number of esters is 2. The number of rotatable bonds is 7. The van der Waals surface area contributed by atoms with Gasteiger partial charge in [0.2, 0.25) is 6.79 Å². The van der Waals surface area contributed by atoms with E-state index < -0.39 is 11.9 Å². The molecule has 0 aliphatic carbocycles. The fourth-order valence-electron chi connectivity index (χ4n) is 2.53. The zero-order chi connectivity index (χ0) is 20.6. The van der Waals surface area contributed by atoms with E-state index in [0.717, 1.165) is 22.8 Å². The Labute approximate surface area is 169 Å². The van der Waals surface area contributed by atoms with Gasteiger partial charge in [-0.25, -0.2) is 9.59 Å². The Bertz CT molecular complexity index is 987. The van der Waals surface area contributed by atoms with E-state index in [0.29, 0.717) is 17.1 Å². The van der Waals surface area contributed by atoms with E-state index in [-0.39, 0.29) is 6.79 Å². The molecule has 146 valence electrons. The molecule has 0 heterocycles. The van der Waals surface area contributed by atoms with Gasteiger partial charge in [-0.1, -0.05) is 48.5 Å². The maximum Gasteiger partial charge on any atom is 0.343 e. The van der Waals surface area contributed by atoms with Crippen LogP contribution in [0, 0.1) is 6.92 Å². The van der Waals surface area contributed by atoms with Crippen molar-refractivity contribution in [1.29, 1.82) is 0 Å². The first-order valence-electron chi connectivity index (χ1n) is 8.96. The monoisotopic (exact) mass is 388 g/mol. The summed E-state index contributed by atoms with van der Waals surface area (Å²) in [5, 5.41) is 0. The molecule has 0 radical (unpaired) electrons. The number of hydrogen-bond donors (Lipinski definition) is 0. The largest absolute Gasteiger partial charge is 0.457 e. The van der Waals surface area contributed by atoms with Crippen molar-refractivity contribution in [3.05, 3.63) is 96.6 Å². The van der Waals surface area contributed by atoms with Crippen molar-refractivity contribution in [2.75, 3.05) is 6.79 Å². The number of hydrogen-bond acceptors (Lipinski definition) is 5. The molecule has 0 saturated carbocycles. The standard InChI is InChI=1S/C24H20O5/c1-3-23(25)28-16-27-21-14-10-19(11-15-21)18-6-8-20(9-7-18)24(26)29-22-12-4-17(2)5-13-22/h3-15H,1,16H2,2H3. The third-order valence-electron chi connectivity index (χ3n) is 4.13. The molecule has 3 aromatic rings. The average Bonchev–Trinajstić information content (AvgIpc) is 2.76. The van der Waals surface area contributed by atoms with Crippen LogP contribution in [0.1, 0.15) is 15.9 Å². The van der Waals surface area contributed by atoms with E-state index in [4.69, 9.17) is 14.2 Å². The van der Waals surface area contributed by atoms with E-state index in [9.17, 15) is 9.59 Å². The Hall–Kier alpha value is -3.86. The maximum atomic E-state index is 12.3. The van der Waals surface area contributed by atoms with Gasteiger partial charge in [-0.2, -0.15) is 0 Å². The molecule has 0 fully saturated rings. The number of aryl methyl sites for hydroxylation is 1. The molecule has 29 heavy (non-hydrogen) atoms. The van der Waals surface area contributed by atoms with Gasteiger partial charge in [0.25, 0.3) is 0 Å². The van der Waals surface area contributed by atoms with Crippen molar-refractivity contribution in [2.45, 2.75) is 6.92 Å². The predicted molar refractivity (Wildman–Crippen MR) is 110 cm³/mol. The van der Waals surface area contributed by atoms with Crippen molar-refractivity contribution in [2.24, 2.45) is 0 Å². The summed E-state index contributed by atoms with van der Waals surface area (Å²) in [6, 6.07) is 21.8. The molecule has 0 saturated heterocycles. The molecule has 0 amide bonds. The van der Waals surface area contributed by atoms with Crippen molar-refractivity contribution >= 4 is 11.9 Å². The predicted octanol–water partition coefficient (Wildman–Crippen LogP) is 4.95. The van der Waals surface area contributed by atoms with E-state index in [2.05, 4.69) is 6.58 Å². The van der Waals surface area contributed by atoms with Crippen molar-refractivity contribution in [3.8, 4) is 22.6 Å². The highest BCUT2D eigenvalue weighted by Gasteiger charge is 2.09. The van der Waals surface area contributed by atoms with Crippen LogP contribution in [-0.2, 0) is 9.53 Å².